The Balaban J connectivity index is 1.56. The number of nitrogens with zero attached hydrogens (tertiary/aromatic N) is 3. The summed E-state index contributed by atoms with van der Waals surface area (Å²) in [6.45, 7) is 1.71. The van der Waals surface area contributed by atoms with Gasteiger partial charge in [-0.05, 0) is 36.2 Å². The standard InChI is InChI=1S/C19H21N5O3S/c1-14-4-3-5-18(6-14)28(26,27)23-12-19(25)21-9-15-7-16(10-20-8-15)17-11-22-24(2)13-17/h3-8,10-11,13,23H,9,12H2,1-2H3,(H,21,25). The Hall–Kier alpha value is -3.04. The largest absolute Gasteiger partial charge is 0.351 e. The monoisotopic (exact) mass is 399 g/mol. The zero-order chi connectivity index (χ0) is 20.1. The summed E-state index contributed by atoms with van der Waals surface area (Å²) >= 11 is 0. The molecule has 0 saturated heterocycles. The lowest BCUT2D eigenvalue weighted by Crippen LogP contribution is -2.36. The molecule has 2 N–H and O–H groups in total. The Kier molecular flexibility index (Phi) is 5.86. The molecule has 2 aromatic heterocycles. The van der Waals surface area contributed by atoms with E-state index in [0.717, 1.165) is 22.3 Å². The molecule has 9 heteroatoms. The van der Waals surface area contributed by atoms with Gasteiger partial charge in [0.1, 0.15) is 0 Å². The summed E-state index contributed by atoms with van der Waals surface area (Å²) in [5.74, 6) is -0.428. The smallest absolute Gasteiger partial charge is 0.241 e. The van der Waals surface area contributed by atoms with Crippen LogP contribution < -0.4 is 10.0 Å². The average molecular weight is 399 g/mol. The van der Waals surface area contributed by atoms with Crippen LogP contribution in [0.4, 0.5) is 0 Å². The van der Waals surface area contributed by atoms with Gasteiger partial charge in [-0.3, -0.25) is 14.5 Å². The minimum absolute atomic E-state index is 0.133. The lowest BCUT2D eigenvalue weighted by atomic mass is 10.1. The summed E-state index contributed by atoms with van der Waals surface area (Å²) in [6.07, 6.45) is 6.98. The number of carbonyl (C=O) groups excluding carboxylic acids is 1. The van der Waals surface area contributed by atoms with E-state index in [-0.39, 0.29) is 18.0 Å². The molecule has 0 aliphatic carbocycles. The Labute approximate surface area is 163 Å². The summed E-state index contributed by atoms with van der Waals surface area (Å²) in [7, 11) is -1.90. The number of aryl methyl sites for hydroxylation is 2. The maximum absolute atomic E-state index is 12.3. The molecule has 0 aliphatic heterocycles. The van der Waals surface area contributed by atoms with Crippen molar-refractivity contribution in [3.63, 3.8) is 0 Å². The first-order chi connectivity index (χ1) is 13.3. The Bertz CT molecular complexity index is 1090. The topological polar surface area (TPSA) is 106 Å². The van der Waals surface area contributed by atoms with Crippen LogP contribution in [0, 0.1) is 6.92 Å². The third kappa shape index (κ3) is 5.02. The van der Waals surface area contributed by atoms with Crippen molar-refractivity contribution in [1.29, 1.82) is 0 Å². The summed E-state index contributed by atoms with van der Waals surface area (Å²) < 4.78 is 28.5. The molecular weight excluding hydrogens is 378 g/mol. The fraction of sp³-hybridized carbons (Fsp3) is 0.211. The van der Waals surface area contributed by atoms with Gasteiger partial charge in [0.25, 0.3) is 0 Å². The molecule has 0 fully saturated rings. The van der Waals surface area contributed by atoms with Crippen molar-refractivity contribution >= 4 is 15.9 Å². The molecule has 146 valence electrons. The quantitative estimate of drug-likeness (QED) is 0.624. The third-order valence-corrected chi connectivity index (χ3v) is 5.44. The number of rotatable bonds is 7. The second kappa shape index (κ2) is 8.32. The SMILES string of the molecule is Cc1cccc(S(=O)(=O)NCC(=O)NCc2cncc(-c3cnn(C)c3)c2)c1. The van der Waals surface area contributed by atoms with E-state index in [1.807, 2.05) is 19.3 Å². The predicted octanol–water partition coefficient (Wildman–Crippen LogP) is 1.39. The van der Waals surface area contributed by atoms with Gasteiger partial charge in [-0.1, -0.05) is 12.1 Å². The molecule has 8 nitrogen and oxygen atoms in total. The third-order valence-electron chi connectivity index (χ3n) is 4.05. The van der Waals surface area contributed by atoms with Crippen molar-refractivity contribution in [3.05, 3.63) is 66.2 Å². The van der Waals surface area contributed by atoms with Crippen LogP contribution in [-0.2, 0) is 28.4 Å². The lowest BCUT2D eigenvalue weighted by molar-refractivity contribution is -0.120. The maximum Gasteiger partial charge on any atom is 0.241 e. The van der Waals surface area contributed by atoms with E-state index in [0.29, 0.717) is 0 Å². The molecule has 0 bridgehead atoms. The van der Waals surface area contributed by atoms with Gasteiger partial charge in [0, 0.05) is 43.3 Å². The van der Waals surface area contributed by atoms with Crippen LogP contribution in [-0.4, -0.2) is 35.6 Å². The molecule has 0 radical (unpaired) electrons. The first-order valence-electron chi connectivity index (χ1n) is 8.59. The summed E-state index contributed by atoms with van der Waals surface area (Å²) in [6, 6.07) is 8.41. The first-order valence-corrected chi connectivity index (χ1v) is 10.1. The second-order valence-corrected chi connectivity index (χ2v) is 8.17. The number of sulfonamides is 1. The van der Waals surface area contributed by atoms with E-state index in [2.05, 4.69) is 20.1 Å². The molecule has 0 unspecified atom stereocenters. The van der Waals surface area contributed by atoms with E-state index >= 15 is 0 Å². The molecule has 28 heavy (non-hydrogen) atoms. The highest BCUT2D eigenvalue weighted by molar-refractivity contribution is 7.89. The van der Waals surface area contributed by atoms with Crippen LogP contribution in [0.25, 0.3) is 11.1 Å². The molecule has 0 atom stereocenters. The van der Waals surface area contributed by atoms with Gasteiger partial charge < -0.3 is 5.32 Å². The van der Waals surface area contributed by atoms with E-state index < -0.39 is 15.9 Å². The van der Waals surface area contributed by atoms with E-state index in [4.69, 9.17) is 0 Å². The fourth-order valence-electron chi connectivity index (χ4n) is 2.60. The summed E-state index contributed by atoms with van der Waals surface area (Å²) in [5, 5.41) is 6.82. The number of hydrogen-bond donors (Lipinski definition) is 2. The van der Waals surface area contributed by atoms with Gasteiger partial charge in [-0.15, -0.1) is 0 Å². The van der Waals surface area contributed by atoms with Crippen molar-refractivity contribution < 1.29 is 13.2 Å². The highest BCUT2D eigenvalue weighted by Gasteiger charge is 2.15. The average Bonchev–Trinajstić information content (AvgIpc) is 3.11. The van der Waals surface area contributed by atoms with Crippen LogP contribution in [0.2, 0.25) is 0 Å². The molecule has 3 rings (SSSR count). The van der Waals surface area contributed by atoms with Gasteiger partial charge in [-0.25, -0.2) is 13.1 Å². The maximum atomic E-state index is 12.3. The van der Waals surface area contributed by atoms with Gasteiger partial charge >= 0.3 is 0 Å². The number of nitrogens with one attached hydrogen (secondary N) is 2. The van der Waals surface area contributed by atoms with Crippen molar-refractivity contribution in [2.24, 2.45) is 7.05 Å². The number of hydrogen-bond acceptors (Lipinski definition) is 5. The lowest BCUT2D eigenvalue weighted by Gasteiger charge is -2.09. The Morgan fingerprint density at radius 3 is 2.68 bits per heavy atom. The first kappa shape index (κ1) is 19.7. The van der Waals surface area contributed by atoms with Crippen molar-refractivity contribution in [3.8, 4) is 11.1 Å². The van der Waals surface area contributed by atoms with Gasteiger partial charge in [0.2, 0.25) is 15.9 Å². The van der Waals surface area contributed by atoms with E-state index in [9.17, 15) is 13.2 Å². The molecule has 2 heterocycles. The number of pyridine rings is 1. The molecule has 1 amide bonds. The van der Waals surface area contributed by atoms with Crippen LogP contribution in [0.5, 0.6) is 0 Å². The molecular formula is C19H21N5O3S. The molecule has 0 saturated carbocycles. The number of aromatic nitrogens is 3. The highest BCUT2D eigenvalue weighted by atomic mass is 32.2. The van der Waals surface area contributed by atoms with Crippen LogP contribution in [0.3, 0.4) is 0 Å². The van der Waals surface area contributed by atoms with Crippen LogP contribution in [0.15, 0.2) is 60.0 Å². The number of amides is 1. The van der Waals surface area contributed by atoms with E-state index in [1.54, 1.807) is 48.4 Å². The van der Waals surface area contributed by atoms with Crippen LogP contribution >= 0.6 is 0 Å². The zero-order valence-electron chi connectivity index (χ0n) is 15.6. The van der Waals surface area contributed by atoms with Gasteiger partial charge in [0.15, 0.2) is 0 Å². The summed E-state index contributed by atoms with van der Waals surface area (Å²) in [5.41, 5.74) is 3.44. The van der Waals surface area contributed by atoms with Crippen molar-refractivity contribution in [2.45, 2.75) is 18.4 Å². The fourth-order valence-corrected chi connectivity index (χ4v) is 3.69. The molecule has 1 aromatic carbocycles. The minimum Gasteiger partial charge on any atom is -0.351 e. The number of carbonyl (C=O) groups is 1. The normalized spacial score (nSPS) is 11.4. The second-order valence-electron chi connectivity index (χ2n) is 6.40. The number of benzene rings is 1. The highest BCUT2D eigenvalue weighted by Crippen LogP contribution is 2.18. The van der Waals surface area contributed by atoms with Crippen molar-refractivity contribution in [1.82, 2.24) is 24.8 Å². The predicted molar refractivity (Wildman–Crippen MR) is 105 cm³/mol. The van der Waals surface area contributed by atoms with Gasteiger partial charge in [0.05, 0.1) is 17.6 Å². The molecule has 0 spiro atoms. The Morgan fingerprint density at radius 2 is 1.96 bits per heavy atom. The molecule has 0 aliphatic rings. The van der Waals surface area contributed by atoms with Crippen molar-refractivity contribution in [2.75, 3.05) is 6.54 Å². The minimum atomic E-state index is -3.73. The zero-order valence-corrected chi connectivity index (χ0v) is 16.4. The van der Waals surface area contributed by atoms with Crippen LogP contribution in [0.1, 0.15) is 11.1 Å². The Morgan fingerprint density at radius 1 is 1.14 bits per heavy atom. The summed E-state index contributed by atoms with van der Waals surface area (Å²) in [4.78, 5) is 16.4. The molecule has 3 aromatic rings. The van der Waals surface area contributed by atoms with Gasteiger partial charge in [-0.2, -0.15) is 5.10 Å². The van der Waals surface area contributed by atoms with E-state index in [1.165, 1.54) is 6.07 Å².